The van der Waals surface area contributed by atoms with Crippen LogP contribution < -0.4 is 11.1 Å². The van der Waals surface area contributed by atoms with Crippen LogP contribution in [0.4, 0.5) is 5.69 Å². The molecule has 1 aliphatic carbocycles. The molecule has 1 aromatic rings. The zero-order chi connectivity index (χ0) is 13.2. The van der Waals surface area contributed by atoms with Gasteiger partial charge in [-0.05, 0) is 37.5 Å². The Balaban J connectivity index is 0.00000180. The summed E-state index contributed by atoms with van der Waals surface area (Å²) in [6.07, 6.45) is 3.76. The average molecular weight is 285 g/mol. The number of hydrogen-bond acceptors (Lipinski definition) is 3. The molecule has 106 valence electrons. The molecule has 1 fully saturated rings. The van der Waals surface area contributed by atoms with Gasteiger partial charge in [0.25, 0.3) is 0 Å². The van der Waals surface area contributed by atoms with E-state index in [0.717, 1.165) is 31.2 Å². The Hall–Kier alpha value is -1.26. The largest absolute Gasteiger partial charge is 0.506 e. The molecular formula is C14H21ClN2O2. The van der Waals surface area contributed by atoms with Gasteiger partial charge in [0.1, 0.15) is 5.75 Å². The van der Waals surface area contributed by atoms with Crippen LogP contribution in [-0.4, -0.2) is 17.6 Å². The number of benzene rings is 1. The average Bonchev–Trinajstić information content (AvgIpc) is 2.84. The number of phenols is 1. The second-order valence-electron chi connectivity index (χ2n) is 5.17. The van der Waals surface area contributed by atoms with E-state index < -0.39 is 5.41 Å². The summed E-state index contributed by atoms with van der Waals surface area (Å²) in [5, 5.41) is 12.6. The first-order valence-electron chi connectivity index (χ1n) is 6.38. The first kappa shape index (κ1) is 15.8. The summed E-state index contributed by atoms with van der Waals surface area (Å²) in [7, 11) is 0. The maximum atomic E-state index is 12.3. The van der Waals surface area contributed by atoms with E-state index >= 15 is 0 Å². The Bertz CT molecular complexity index is 457. The molecule has 1 aliphatic rings. The van der Waals surface area contributed by atoms with Gasteiger partial charge in [0, 0.05) is 6.54 Å². The fourth-order valence-corrected chi connectivity index (χ4v) is 2.58. The third-order valence-electron chi connectivity index (χ3n) is 3.83. The monoisotopic (exact) mass is 284 g/mol. The fraction of sp³-hybridized carbons (Fsp3) is 0.500. The molecule has 0 atom stereocenters. The molecule has 0 aromatic heterocycles. The van der Waals surface area contributed by atoms with Crippen LogP contribution in [0.15, 0.2) is 18.2 Å². The Morgan fingerprint density at radius 2 is 2.05 bits per heavy atom. The standard InChI is InChI=1S/C14H20N2O2.ClH/c1-10-4-5-12(17)11(8-10)16-13(18)14(9-15)6-2-3-7-14;/h4-5,8,17H,2-3,6-7,9,15H2,1H3,(H,16,18);1H. The van der Waals surface area contributed by atoms with E-state index in [0.29, 0.717) is 12.2 Å². The van der Waals surface area contributed by atoms with Gasteiger partial charge in [-0.15, -0.1) is 12.4 Å². The van der Waals surface area contributed by atoms with Crippen LogP contribution in [0.25, 0.3) is 0 Å². The van der Waals surface area contributed by atoms with E-state index in [4.69, 9.17) is 5.73 Å². The molecule has 0 bridgehead atoms. The number of rotatable bonds is 3. The molecule has 19 heavy (non-hydrogen) atoms. The van der Waals surface area contributed by atoms with Crippen LogP contribution in [0.5, 0.6) is 5.75 Å². The lowest BCUT2D eigenvalue weighted by atomic mass is 9.85. The molecule has 5 heteroatoms. The highest BCUT2D eigenvalue weighted by molar-refractivity contribution is 5.97. The van der Waals surface area contributed by atoms with Crippen LogP contribution in [0.1, 0.15) is 31.2 Å². The number of phenolic OH excluding ortho intramolecular Hbond substituents is 1. The van der Waals surface area contributed by atoms with Crippen LogP contribution in [-0.2, 0) is 4.79 Å². The number of nitrogens with one attached hydrogen (secondary N) is 1. The van der Waals surface area contributed by atoms with Crippen LogP contribution >= 0.6 is 12.4 Å². The summed E-state index contributed by atoms with van der Waals surface area (Å²) in [6, 6.07) is 5.17. The van der Waals surface area contributed by atoms with E-state index in [1.165, 1.54) is 0 Å². The molecule has 4 nitrogen and oxygen atoms in total. The topological polar surface area (TPSA) is 75.3 Å². The smallest absolute Gasteiger partial charge is 0.231 e. The van der Waals surface area contributed by atoms with Crippen molar-refractivity contribution < 1.29 is 9.90 Å². The third kappa shape index (κ3) is 3.19. The molecule has 2 rings (SSSR count). The predicted octanol–water partition coefficient (Wildman–Crippen LogP) is 2.58. The zero-order valence-electron chi connectivity index (χ0n) is 11.1. The summed E-state index contributed by atoms with van der Waals surface area (Å²) in [4.78, 5) is 12.3. The number of anilines is 1. The molecule has 0 saturated heterocycles. The number of amides is 1. The Kier molecular flexibility index (Phi) is 5.20. The molecule has 0 spiro atoms. The highest BCUT2D eigenvalue weighted by atomic mass is 35.5. The number of carbonyl (C=O) groups excluding carboxylic acids is 1. The number of hydrogen-bond donors (Lipinski definition) is 3. The molecular weight excluding hydrogens is 264 g/mol. The minimum atomic E-state index is -0.448. The second kappa shape index (κ2) is 6.26. The second-order valence-corrected chi connectivity index (χ2v) is 5.17. The number of nitrogens with two attached hydrogens (primary N) is 1. The molecule has 4 N–H and O–H groups in total. The Labute approximate surface area is 119 Å². The number of aryl methyl sites for hydroxylation is 1. The predicted molar refractivity (Wildman–Crippen MR) is 78.7 cm³/mol. The van der Waals surface area contributed by atoms with Gasteiger partial charge in [0.2, 0.25) is 5.91 Å². The van der Waals surface area contributed by atoms with Crippen LogP contribution in [0.3, 0.4) is 0 Å². The number of carbonyl (C=O) groups is 1. The highest BCUT2D eigenvalue weighted by Gasteiger charge is 2.39. The van der Waals surface area contributed by atoms with Crippen LogP contribution in [0.2, 0.25) is 0 Å². The summed E-state index contributed by atoms with van der Waals surface area (Å²) in [6.45, 7) is 2.29. The van der Waals surface area contributed by atoms with Gasteiger partial charge >= 0.3 is 0 Å². The molecule has 1 amide bonds. The summed E-state index contributed by atoms with van der Waals surface area (Å²) in [5.74, 6) is 0.0301. The number of aromatic hydroxyl groups is 1. The minimum Gasteiger partial charge on any atom is -0.506 e. The lowest BCUT2D eigenvalue weighted by Crippen LogP contribution is -2.40. The van der Waals surface area contributed by atoms with Crippen molar-refractivity contribution in [2.45, 2.75) is 32.6 Å². The Morgan fingerprint density at radius 3 is 2.63 bits per heavy atom. The van der Waals surface area contributed by atoms with Crippen molar-refractivity contribution in [3.63, 3.8) is 0 Å². The molecule has 0 radical (unpaired) electrons. The molecule has 0 unspecified atom stereocenters. The van der Waals surface area contributed by atoms with Crippen molar-refractivity contribution in [3.05, 3.63) is 23.8 Å². The minimum absolute atomic E-state index is 0. The van der Waals surface area contributed by atoms with Crippen molar-refractivity contribution in [2.24, 2.45) is 11.1 Å². The SMILES string of the molecule is Cc1ccc(O)c(NC(=O)C2(CN)CCCC2)c1.Cl. The lowest BCUT2D eigenvalue weighted by molar-refractivity contribution is -0.124. The van der Waals surface area contributed by atoms with Gasteiger partial charge in [-0.25, -0.2) is 0 Å². The van der Waals surface area contributed by atoms with Crippen LogP contribution in [0, 0.1) is 12.3 Å². The van der Waals surface area contributed by atoms with Gasteiger partial charge in [-0.2, -0.15) is 0 Å². The van der Waals surface area contributed by atoms with E-state index in [1.54, 1.807) is 18.2 Å². The van der Waals surface area contributed by atoms with Crippen molar-refractivity contribution >= 4 is 24.0 Å². The summed E-state index contributed by atoms with van der Waals surface area (Å²) < 4.78 is 0. The van der Waals surface area contributed by atoms with Crippen molar-refractivity contribution in [3.8, 4) is 5.75 Å². The first-order chi connectivity index (χ1) is 8.57. The van der Waals surface area contributed by atoms with E-state index in [-0.39, 0.29) is 24.1 Å². The fourth-order valence-electron chi connectivity index (χ4n) is 2.58. The summed E-state index contributed by atoms with van der Waals surface area (Å²) in [5.41, 5.74) is 6.79. The number of halogens is 1. The normalized spacial score (nSPS) is 16.7. The quantitative estimate of drug-likeness (QED) is 0.747. The van der Waals surface area contributed by atoms with E-state index in [1.807, 2.05) is 6.92 Å². The van der Waals surface area contributed by atoms with Gasteiger partial charge in [-0.1, -0.05) is 18.9 Å². The van der Waals surface area contributed by atoms with E-state index in [2.05, 4.69) is 5.32 Å². The van der Waals surface area contributed by atoms with Gasteiger partial charge in [0.15, 0.2) is 0 Å². The molecule has 0 heterocycles. The molecule has 1 saturated carbocycles. The highest BCUT2D eigenvalue weighted by Crippen LogP contribution is 2.38. The van der Waals surface area contributed by atoms with Gasteiger partial charge < -0.3 is 16.2 Å². The summed E-state index contributed by atoms with van der Waals surface area (Å²) >= 11 is 0. The van der Waals surface area contributed by atoms with Crippen molar-refractivity contribution in [1.29, 1.82) is 0 Å². The third-order valence-corrected chi connectivity index (χ3v) is 3.83. The first-order valence-corrected chi connectivity index (χ1v) is 6.38. The maximum Gasteiger partial charge on any atom is 0.231 e. The zero-order valence-corrected chi connectivity index (χ0v) is 11.9. The molecule has 0 aliphatic heterocycles. The van der Waals surface area contributed by atoms with Crippen molar-refractivity contribution in [2.75, 3.05) is 11.9 Å². The lowest BCUT2D eigenvalue weighted by Gasteiger charge is -2.26. The van der Waals surface area contributed by atoms with Crippen molar-refractivity contribution in [1.82, 2.24) is 0 Å². The van der Waals surface area contributed by atoms with Gasteiger partial charge in [-0.3, -0.25) is 4.79 Å². The Morgan fingerprint density at radius 1 is 1.42 bits per heavy atom. The molecule has 1 aromatic carbocycles. The van der Waals surface area contributed by atoms with E-state index in [9.17, 15) is 9.90 Å². The maximum absolute atomic E-state index is 12.3. The van der Waals surface area contributed by atoms with Gasteiger partial charge in [0.05, 0.1) is 11.1 Å².